The van der Waals surface area contributed by atoms with Gasteiger partial charge in [0.15, 0.2) is 0 Å². The molecule has 0 aliphatic carbocycles. The van der Waals surface area contributed by atoms with Crippen molar-refractivity contribution in [1.82, 2.24) is 10.2 Å². The largest absolute Gasteiger partial charge is 0.491 e. The molecule has 0 aliphatic heterocycles. The fourth-order valence-electron chi connectivity index (χ4n) is 2.32. The number of halogens is 3. The molecule has 1 heterocycles. The zero-order valence-electron chi connectivity index (χ0n) is 14.6. The molecule has 0 unspecified atom stereocenters. The van der Waals surface area contributed by atoms with E-state index in [4.69, 9.17) is 14.2 Å². The van der Waals surface area contributed by atoms with Crippen LogP contribution in [-0.2, 0) is 15.7 Å². The van der Waals surface area contributed by atoms with Gasteiger partial charge in [0.05, 0.1) is 18.8 Å². The van der Waals surface area contributed by atoms with E-state index in [2.05, 4.69) is 10.2 Å². The highest BCUT2D eigenvalue weighted by atomic mass is 19.4. The normalized spacial score (nSPS) is 11.5. The van der Waals surface area contributed by atoms with Gasteiger partial charge in [0.1, 0.15) is 23.6 Å². The fourth-order valence-corrected chi connectivity index (χ4v) is 2.32. The number of hydrogen-bond donors (Lipinski definition) is 1. The number of aryl methyl sites for hydroxylation is 1. The van der Waals surface area contributed by atoms with E-state index < -0.39 is 17.7 Å². The van der Waals surface area contributed by atoms with Crippen molar-refractivity contribution in [2.24, 2.45) is 0 Å². The summed E-state index contributed by atoms with van der Waals surface area (Å²) in [6.45, 7) is 3.67. The number of methoxy groups -OCH3 is 1. The molecule has 6 nitrogen and oxygen atoms in total. The van der Waals surface area contributed by atoms with Crippen LogP contribution >= 0.6 is 0 Å². The number of benzene rings is 1. The maximum atomic E-state index is 13.2. The maximum Gasteiger partial charge on any atom is 0.416 e. The molecule has 0 aliphatic rings. The van der Waals surface area contributed by atoms with Crippen LogP contribution < -0.4 is 4.74 Å². The van der Waals surface area contributed by atoms with E-state index in [0.717, 1.165) is 12.1 Å². The molecule has 0 amide bonds. The molecule has 0 radical (unpaired) electrons. The summed E-state index contributed by atoms with van der Waals surface area (Å²) >= 11 is 0. The van der Waals surface area contributed by atoms with E-state index in [1.165, 1.54) is 13.2 Å². The standard InChI is InChI=1S/C17H19F3N2O4/c1-4-25-16(23)14-10(2)21-22-15(14)11-7-12(17(18,19)20)9-13(8-11)26-6-5-24-3/h7-9H,4-6H2,1-3H3,(H,21,22). The Balaban J connectivity index is 2.52. The van der Waals surface area contributed by atoms with Gasteiger partial charge in [-0.05, 0) is 32.0 Å². The first-order valence-corrected chi connectivity index (χ1v) is 7.84. The third kappa shape index (κ3) is 4.54. The van der Waals surface area contributed by atoms with Crippen molar-refractivity contribution in [3.8, 4) is 17.0 Å². The number of nitrogens with one attached hydrogen (secondary N) is 1. The van der Waals surface area contributed by atoms with Crippen LogP contribution in [-0.4, -0.2) is 43.1 Å². The van der Waals surface area contributed by atoms with Crippen LogP contribution in [0.2, 0.25) is 0 Å². The second-order valence-electron chi connectivity index (χ2n) is 5.38. The minimum Gasteiger partial charge on any atom is -0.491 e. The van der Waals surface area contributed by atoms with Crippen molar-refractivity contribution in [2.75, 3.05) is 26.9 Å². The third-order valence-corrected chi connectivity index (χ3v) is 3.49. The monoisotopic (exact) mass is 372 g/mol. The van der Waals surface area contributed by atoms with Crippen LogP contribution in [0, 0.1) is 6.92 Å². The van der Waals surface area contributed by atoms with Gasteiger partial charge in [-0.3, -0.25) is 5.10 Å². The number of carbonyl (C=O) groups excluding carboxylic acids is 1. The first-order chi connectivity index (χ1) is 12.3. The Bertz CT molecular complexity index is 772. The van der Waals surface area contributed by atoms with Gasteiger partial charge in [-0.15, -0.1) is 0 Å². The van der Waals surface area contributed by atoms with Gasteiger partial charge in [-0.25, -0.2) is 4.79 Å². The Labute approximate surface area is 148 Å². The topological polar surface area (TPSA) is 73.4 Å². The predicted octanol–water partition coefficient (Wildman–Crippen LogP) is 3.61. The van der Waals surface area contributed by atoms with E-state index in [1.54, 1.807) is 13.8 Å². The van der Waals surface area contributed by atoms with Crippen molar-refractivity contribution < 1.29 is 32.2 Å². The Kier molecular flexibility index (Phi) is 6.25. The predicted molar refractivity (Wildman–Crippen MR) is 87.1 cm³/mol. The van der Waals surface area contributed by atoms with Gasteiger partial charge in [-0.2, -0.15) is 18.3 Å². The molecule has 26 heavy (non-hydrogen) atoms. The van der Waals surface area contributed by atoms with Gasteiger partial charge < -0.3 is 14.2 Å². The maximum absolute atomic E-state index is 13.2. The van der Waals surface area contributed by atoms with Gasteiger partial charge in [0, 0.05) is 18.4 Å². The minimum atomic E-state index is -4.58. The first kappa shape index (κ1) is 19.8. The zero-order chi connectivity index (χ0) is 19.3. The van der Waals surface area contributed by atoms with Gasteiger partial charge >= 0.3 is 12.1 Å². The summed E-state index contributed by atoms with van der Waals surface area (Å²) in [5, 5.41) is 6.59. The molecular weight excluding hydrogens is 353 g/mol. The third-order valence-electron chi connectivity index (χ3n) is 3.49. The molecule has 0 bridgehead atoms. The van der Waals surface area contributed by atoms with E-state index in [9.17, 15) is 18.0 Å². The number of carbonyl (C=O) groups is 1. The molecule has 0 saturated heterocycles. The Morgan fingerprint density at radius 3 is 2.58 bits per heavy atom. The first-order valence-electron chi connectivity index (χ1n) is 7.84. The lowest BCUT2D eigenvalue weighted by atomic mass is 10.0. The van der Waals surface area contributed by atoms with E-state index in [-0.39, 0.29) is 42.4 Å². The summed E-state index contributed by atoms with van der Waals surface area (Å²) in [5.41, 5.74) is -0.243. The summed E-state index contributed by atoms with van der Waals surface area (Å²) < 4.78 is 54.8. The van der Waals surface area contributed by atoms with Crippen molar-refractivity contribution in [3.05, 3.63) is 35.0 Å². The SMILES string of the molecule is CCOC(=O)c1c(-c2cc(OCCOC)cc(C(F)(F)F)c2)n[nH]c1C. The summed E-state index contributed by atoms with van der Waals surface area (Å²) in [5.74, 6) is -0.657. The van der Waals surface area contributed by atoms with Crippen LogP contribution in [0.3, 0.4) is 0 Å². The number of hydrogen-bond acceptors (Lipinski definition) is 5. The summed E-state index contributed by atoms with van der Waals surface area (Å²) in [6.07, 6.45) is -4.58. The molecule has 0 atom stereocenters. The number of aromatic nitrogens is 2. The number of H-pyrrole nitrogens is 1. The number of esters is 1. The molecule has 2 rings (SSSR count). The number of nitrogens with zero attached hydrogens (tertiary/aromatic N) is 1. The van der Waals surface area contributed by atoms with Crippen LogP contribution in [0.5, 0.6) is 5.75 Å². The molecule has 9 heteroatoms. The summed E-state index contributed by atoms with van der Waals surface area (Å²) in [7, 11) is 1.46. The van der Waals surface area contributed by atoms with Crippen LogP contribution in [0.25, 0.3) is 11.3 Å². The van der Waals surface area contributed by atoms with Gasteiger partial charge in [0.2, 0.25) is 0 Å². The van der Waals surface area contributed by atoms with Gasteiger partial charge in [0.25, 0.3) is 0 Å². The molecular formula is C17H19F3N2O4. The smallest absolute Gasteiger partial charge is 0.416 e. The molecule has 2 aromatic rings. The van der Waals surface area contributed by atoms with Crippen molar-refractivity contribution in [2.45, 2.75) is 20.0 Å². The molecule has 1 aromatic carbocycles. The van der Waals surface area contributed by atoms with Gasteiger partial charge in [-0.1, -0.05) is 0 Å². The molecule has 1 aromatic heterocycles. The number of ether oxygens (including phenoxy) is 3. The average molecular weight is 372 g/mol. The highest BCUT2D eigenvalue weighted by molar-refractivity contribution is 5.97. The van der Waals surface area contributed by atoms with Crippen molar-refractivity contribution in [3.63, 3.8) is 0 Å². The average Bonchev–Trinajstić information content (AvgIpc) is 2.96. The Hall–Kier alpha value is -2.55. The number of aromatic amines is 1. The van der Waals surface area contributed by atoms with Crippen LogP contribution in [0.15, 0.2) is 18.2 Å². The fraction of sp³-hybridized carbons (Fsp3) is 0.412. The molecule has 1 N–H and O–H groups in total. The molecule has 0 saturated carbocycles. The second-order valence-corrected chi connectivity index (χ2v) is 5.38. The molecule has 142 valence electrons. The Morgan fingerprint density at radius 1 is 1.23 bits per heavy atom. The second kappa shape index (κ2) is 8.22. The van der Waals surface area contributed by atoms with E-state index >= 15 is 0 Å². The molecule has 0 spiro atoms. The lowest BCUT2D eigenvalue weighted by Gasteiger charge is -2.13. The lowest BCUT2D eigenvalue weighted by Crippen LogP contribution is -2.09. The summed E-state index contributed by atoms with van der Waals surface area (Å²) in [6, 6.07) is 3.20. The highest BCUT2D eigenvalue weighted by Crippen LogP contribution is 2.36. The molecule has 0 fully saturated rings. The highest BCUT2D eigenvalue weighted by Gasteiger charge is 2.32. The Morgan fingerprint density at radius 2 is 1.96 bits per heavy atom. The van der Waals surface area contributed by atoms with Crippen molar-refractivity contribution >= 4 is 5.97 Å². The van der Waals surface area contributed by atoms with Crippen LogP contribution in [0.4, 0.5) is 13.2 Å². The summed E-state index contributed by atoms with van der Waals surface area (Å²) in [4.78, 5) is 12.1. The quantitative estimate of drug-likeness (QED) is 0.594. The van der Waals surface area contributed by atoms with E-state index in [0.29, 0.717) is 5.69 Å². The number of rotatable bonds is 7. The zero-order valence-corrected chi connectivity index (χ0v) is 14.6. The lowest BCUT2D eigenvalue weighted by molar-refractivity contribution is -0.137. The van der Waals surface area contributed by atoms with Crippen LogP contribution in [0.1, 0.15) is 28.5 Å². The number of alkyl halides is 3. The minimum absolute atomic E-state index is 0.00216. The van der Waals surface area contributed by atoms with E-state index in [1.807, 2.05) is 0 Å². The van der Waals surface area contributed by atoms with Crippen molar-refractivity contribution in [1.29, 1.82) is 0 Å².